The molecule has 1 aliphatic heterocycles. The van der Waals surface area contributed by atoms with Gasteiger partial charge < -0.3 is 9.47 Å². The molecule has 3 unspecified atom stereocenters. The Hall–Kier alpha value is -2.24. The Morgan fingerprint density at radius 2 is 1.67 bits per heavy atom. The molecule has 0 bridgehead atoms. The number of nitrogens with zero attached hydrogens (tertiary/aromatic N) is 1. The number of hydrogen-bond acceptors (Lipinski definition) is 4. The summed E-state index contributed by atoms with van der Waals surface area (Å²) in [5, 5.41) is 11.1. The van der Waals surface area contributed by atoms with Gasteiger partial charge in [-0.2, -0.15) is 0 Å². The van der Waals surface area contributed by atoms with E-state index in [0.29, 0.717) is 5.56 Å². The Bertz CT molecular complexity index is 644. The fourth-order valence-electron chi connectivity index (χ4n) is 2.42. The van der Waals surface area contributed by atoms with Gasteiger partial charge in [-0.15, -0.1) is 0 Å². The van der Waals surface area contributed by atoms with Crippen LogP contribution in [0, 0.1) is 17.0 Å². The van der Waals surface area contributed by atoms with Gasteiger partial charge in [0, 0.05) is 11.6 Å². The summed E-state index contributed by atoms with van der Waals surface area (Å²) in [6.45, 7) is 3.90. The lowest BCUT2D eigenvalue weighted by atomic mass is 10.0. The second kappa shape index (κ2) is 5.63. The molecule has 3 rings (SSSR count). The van der Waals surface area contributed by atoms with E-state index in [-0.39, 0.29) is 5.69 Å². The van der Waals surface area contributed by atoms with E-state index in [1.807, 2.05) is 30.3 Å². The minimum atomic E-state index is -0.559. The smallest absolute Gasteiger partial charge is 0.275 e. The maximum atomic E-state index is 11.1. The molecule has 2 aromatic rings. The maximum absolute atomic E-state index is 11.1. The third-order valence-corrected chi connectivity index (χ3v) is 3.42. The van der Waals surface area contributed by atoms with Crippen molar-refractivity contribution < 1.29 is 14.4 Å². The number of rotatable bonds is 3. The summed E-state index contributed by atoms with van der Waals surface area (Å²) in [5.41, 5.74) is 1.38. The van der Waals surface area contributed by atoms with Gasteiger partial charge in [0.05, 0.1) is 16.6 Å². The summed E-state index contributed by atoms with van der Waals surface area (Å²) in [5.74, 6) is 0. The summed E-state index contributed by atoms with van der Waals surface area (Å²) >= 11 is 0. The number of ether oxygens (including phenoxy) is 2. The molecule has 5 heteroatoms. The molecule has 107 valence electrons. The third kappa shape index (κ3) is 2.66. The van der Waals surface area contributed by atoms with Crippen molar-refractivity contribution in [2.24, 2.45) is 0 Å². The number of hydrogen-bond donors (Lipinski definition) is 0. The van der Waals surface area contributed by atoms with Gasteiger partial charge in [0.2, 0.25) is 0 Å². The highest BCUT2D eigenvalue weighted by Crippen LogP contribution is 2.42. The summed E-state index contributed by atoms with van der Waals surface area (Å²) in [7, 11) is 0. The summed E-state index contributed by atoms with van der Waals surface area (Å²) in [6.07, 6.45) is -1.62. The minimum absolute atomic E-state index is 0.0217. The van der Waals surface area contributed by atoms with Gasteiger partial charge in [0.15, 0.2) is 6.29 Å². The molecule has 3 atom stereocenters. The van der Waals surface area contributed by atoms with Crippen LogP contribution in [-0.4, -0.2) is 11.0 Å². The number of nitro groups is 1. The van der Waals surface area contributed by atoms with Gasteiger partial charge in [-0.25, -0.2) is 0 Å². The van der Waals surface area contributed by atoms with Crippen molar-refractivity contribution in [3.8, 4) is 0 Å². The normalized spacial score (nSPS) is 24.9. The van der Waals surface area contributed by atoms with Crippen molar-refractivity contribution in [2.45, 2.75) is 18.5 Å². The molecule has 21 heavy (non-hydrogen) atoms. The molecule has 0 spiro atoms. The molecule has 0 saturated carbocycles. The van der Waals surface area contributed by atoms with E-state index in [9.17, 15) is 10.1 Å². The predicted molar refractivity (Wildman–Crippen MR) is 76.3 cm³/mol. The summed E-state index contributed by atoms with van der Waals surface area (Å²) < 4.78 is 11.5. The van der Waals surface area contributed by atoms with Crippen molar-refractivity contribution in [2.75, 3.05) is 0 Å². The molecule has 5 nitrogen and oxygen atoms in total. The van der Waals surface area contributed by atoms with Crippen LogP contribution in [0.1, 0.15) is 23.5 Å². The van der Waals surface area contributed by atoms with Crippen molar-refractivity contribution in [1.29, 1.82) is 0 Å². The highest BCUT2D eigenvalue weighted by atomic mass is 16.7. The lowest BCUT2D eigenvalue weighted by Crippen LogP contribution is -2.12. The second-order valence-electron chi connectivity index (χ2n) is 4.79. The molecule has 1 saturated heterocycles. The van der Waals surface area contributed by atoms with E-state index < -0.39 is 23.4 Å². The molecular weight excluding hydrogens is 270 g/mol. The third-order valence-electron chi connectivity index (χ3n) is 3.42. The standard InChI is InChI=1S/C16H14NO4/c1-11-15(13-9-5-6-10-14(13)17(18)19)21-16(20-11)12-7-3-2-4-8-12/h2-11,15-16H,1H2. The predicted octanol–water partition coefficient (Wildman–Crippen LogP) is 3.58. The van der Waals surface area contributed by atoms with Crippen molar-refractivity contribution in [3.05, 3.63) is 82.8 Å². The van der Waals surface area contributed by atoms with Crippen LogP contribution in [0.4, 0.5) is 5.69 Å². The first-order valence-electron chi connectivity index (χ1n) is 6.59. The van der Waals surface area contributed by atoms with Gasteiger partial charge >= 0.3 is 0 Å². The van der Waals surface area contributed by atoms with Gasteiger partial charge in [-0.1, -0.05) is 42.5 Å². The zero-order valence-electron chi connectivity index (χ0n) is 11.2. The highest BCUT2D eigenvalue weighted by Gasteiger charge is 2.38. The van der Waals surface area contributed by atoms with E-state index in [1.54, 1.807) is 18.2 Å². The Morgan fingerprint density at radius 1 is 1.00 bits per heavy atom. The minimum Gasteiger partial charge on any atom is -0.342 e. The van der Waals surface area contributed by atoms with Gasteiger partial charge in [-0.3, -0.25) is 10.1 Å². The quantitative estimate of drug-likeness (QED) is 0.638. The van der Waals surface area contributed by atoms with E-state index in [1.165, 1.54) is 6.07 Å². The first kappa shape index (κ1) is 13.7. The van der Waals surface area contributed by atoms with Gasteiger partial charge in [0.25, 0.3) is 5.69 Å². The lowest BCUT2D eigenvalue weighted by molar-refractivity contribution is -0.386. The van der Waals surface area contributed by atoms with Crippen molar-refractivity contribution >= 4 is 5.69 Å². The van der Waals surface area contributed by atoms with Crippen LogP contribution in [0.2, 0.25) is 0 Å². The van der Waals surface area contributed by atoms with Crippen LogP contribution in [-0.2, 0) is 9.47 Å². The highest BCUT2D eigenvalue weighted by molar-refractivity contribution is 5.42. The first-order chi connectivity index (χ1) is 10.2. The monoisotopic (exact) mass is 284 g/mol. The van der Waals surface area contributed by atoms with E-state index in [2.05, 4.69) is 6.92 Å². The average molecular weight is 284 g/mol. The van der Waals surface area contributed by atoms with E-state index in [4.69, 9.17) is 9.47 Å². The number of nitro benzene ring substituents is 1. The molecule has 1 aliphatic rings. The molecule has 1 fully saturated rings. The zero-order valence-corrected chi connectivity index (χ0v) is 11.2. The molecule has 0 aliphatic carbocycles. The Kier molecular flexibility index (Phi) is 3.68. The summed E-state index contributed by atoms with van der Waals surface area (Å²) in [6, 6.07) is 16.0. The number of para-hydroxylation sites is 1. The maximum Gasteiger partial charge on any atom is 0.275 e. The van der Waals surface area contributed by atoms with Crippen LogP contribution >= 0.6 is 0 Å². The lowest BCUT2D eigenvalue weighted by Gasteiger charge is -2.13. The zero-order chi connectivity index (χ0) is 14.8. The number of benzene rings is 2. The second-order valence-corrected chi connectivity index (χ2v) is 4.79. The van der Waals surface area contributed by atoms with E-state index in [0.717, 1.165) is 5.56 Å². The molecule has 1 radical (unpaired) electrons. The molecule has 1 heterocycles. The summed E-state index contributed by atoms with van der Waals surface area (Å²) in [4.78, 5) is 10.7. The first-order valence-corrected chi connectivity index (χ1v) is 6.59. The van der Waals surface area contributed by atoms with Gasteiger partial charge in [0.1, 0.15) is 6.10 Å². The molecule has 0 amide bonds. The van der Waals surface area contributed by atoms with Gasteiger partial charge in [-0.05, 0) is 13.0 Å². The van der Waals surface area contributed by atoms with Crippen LogP contribution < -0.4 is 0 Å². The molecule has 0 N–H and O–H groups in total. The topological polar surface area (TPSA) is 61.6 Å². The van der Waals surface area contributed by atoms with Crippen molar-refractivity contribution in [3.63, 3.8) is 0 Å². The van der Waals surface area contributed by atoms with Crippen LogP contribution in [0.25, 0.3) is 0 Å². The molecule has 2 aromatic carbocycles. The molecular formula is C16H14NO4. The fraction of sp³-hybridized carbons (Fsp3) is 0.188. The SMILES string of the molecule is [CH2]C1OC(c2ccccc2)OC1c1ccccc1[N+](=O)[O-]. The Balaban J connectivity index is 1.89. The van der Waals surface area contributed by atoms with Crippen LogP contribution in [0.5, 0.6) is 0 Å². The fourth-order valence-corrected chi connectivity index (χ4v) is 2.42. The van der Waals surface area contributed by atoms with Crippen LogP contribution in [0.3, 0.4) is 0 Å². The molecule has 0 aromatic heterocycles. The average Bonchev–Trinajstić information content (AvgIpc) is 2.90. The Labute approximate surface area is 122 Å². The largest absolute Gasteiger partial charge is 0.342 e. The van der Waals surface area contributed by atoms with E-state index >= 15 is 0 Å². The Morgan fingerprint density at radius 3 is 2.38 bits per heavy atom. The van der Waals surface area contributed by atoms with Crippen LogP contribution in [0.15, 0.2) is 54.6 Å². The van der Waals surface area contributed by atoms with Crippen molar-refractivity contribution in [1.82, 2.24) is 0 Å².